The van der Waals surface area contributed by atoms with Crippen molar-refractivity contribution in [3.63, 3.8) is 0 Å². The van der Waals surface area contributed by atoms with Crippen LogP contribution in [0.1, 0.15) is 24.5 Å². The Balaban J connectivity index is 1.57. The summed E-state index contributed by atoms with van der Waals surface area (Å²) in [6.45, 7) is 0.331. The highest BCUT2D eigenvalue weighted by molar-refractivity contribution is 6.31. The van der Waals surface area contributed by atoms with Gasteiger partial charge in [-0.1, -0.05) is 11.6 Å². The molecule has 148 valence electrons. The number of alkyl halides is 3. The molecule has 3 rings (SSSR count). The number of carbonyl (C=O) groups excluding carboxylic acids is 1. The van der Waals surface area contributed by atoms with E-state index in [0.717, 1.165) is 5.52 Å². The van der Waals surface area contributed by atoms with Crippen molar-refractivity contribution in [3.05, 3.63) is 53.1 Å². The molecule has 3 aromatic rings. The lowest BCUT2D eigenvalue weighted by Gasteiger charge is -2.14. The minimum absolute atomic E-state index is 0.000498. The third kappa shape index (κ3) is 5.35. The summed E-state index contributed by atoms with van der Waals surface area (Å²) in [6, 6.07) is 7.62. The molecular weight excluding hydrogens is 397 g/mol. The number of carbonyl (C=O) groups is 1. The molecule has 1 atom stereocenters. The van der Waals surface area contributed by atoms with Crippen LogP contribution in [0.4, 0.5) is 13.2 Å². The summed E-state index contributed by atoms with van der Waals surface area (Å²) in [4.78, 5) is 23.6. The van der Waals surface area contributed by atoms with Crippen molar-refractivity contribution >= 4 is 28.5 Å². The predicted molar refractivity (Wildman–Crippen MR) is 97.2 cm³/mol. The van der Waals surface area contributed by atoms with Gasteiger partial charge in [-0.2, -0.15) is 13.2 Å². The molecule has 2 N–H and O–H groups in total. The van der Waals surface area contributed by atoms with Gasteiger partial charge in [0.05, 0.1) is 35.4 Å². The summed E-state index contributed by atoms with van der Waals surface area (Å²) in [5, 5.41) is 3.33. The number of pyridine rings is 1. The molecule has 0 radical (unpaired) electrons. The van der Waals surface area contributed by atoms with Crippen LogP contribution in [-0.4, -0.2) is 33.6 Å². The smallest absolute Gasteiger partial charge is 0.422 e. The number of rotatable bonds is 6. The standard InChI is InChI=1S/C18H16ClF3N4O2/c1-10(13-5-3-12(8-23-13)28-9-18(20,21)22)24-17(27)7-16-25-14-4-2-11(19)6-15(14)26-16/h2-6,8,10H,7,9H2,1H3,(H,24,27)(H,25,26)/t10-/m1/s1. The first-order valence-electron chi connectivity index (χ1n) is 8.28. The molecule has 2 aromatic heterocycles. The third-order valence-electron chi connectivity index (χ3n) is 3.80. The predicted octanol–water partition coefficient (Wildman–Crippen LogP) is 3.97. The van der Waals surface area contributed by atoms with Gasteiger partial charge in [-0.15, -0.1) is 0 Å². The molecule has 6 nitrogen and oxygen atoms in total. The van der Waals surface area contributed by atoms with Gasteiger partial charge in [-0.3, -0.25) is 9.78 Å². The maximum atomic E-state index is 12.2. The zero-order chi connectivity index (χ0) is 20.3. The number of halogens is 4. The number of nitrogens with zero attached hydrogens (tertiary/aromatic N) is 2. The summed E-state index contributed by atoms with van der Waals surface area (Å²) in [5.74, 6) is 0.211. The SMILES string of the molecule is C[C@@H](NC(=O)Cc1nc2ccc(Cl)cc2[nH]1)c1ccc(OCC(F)(F)F)cn1. The van der Waals surface area contributed by atoms with Gasteiger partial charge in [0.25, 0.3) is 0 Å². The minimum Gasteiger partial charge on any atom is -0.483 e. The first kappa shape index (κ1) is 19.9. The molecule has 0 fully saturated rings. The van der Waals surface area contributed by atoms with Crippen LogP contribution < -0.4 is 10.1 Å². The van der Waals surface area contributed by atoms with Gasteiger partial charge in [-0.05, 0) is 37.3 Å². The van der Waals surface area contributed by atoms with Crippen molar-refractivity contribution in [2.24, 2.45) is 0 Å². The second-order valence-electron chi connectivity index (χ2n) is 6.13. The van der Waals surface area contributed by atoms with Crippen molar-refractivity contribution in [2.75, 3.05) is 6.61 Å². The maximum Gasteiger partial charge on any atom is 0.422 e. The Morgan fingerprint density at radius 3 is 2.79 bits per heavy atom. The minimum atomic E-state index is -4.41. The van der Waals surface area contributed by atoms with Crippen LogP contribution in [0.5, 0.6) is 5.75 Å². The highest BCUT2D eigenvalue weighted by Crippen LogP contribution is 2.20. The average Bonchev–Trinajstić information content (AvgIpc) is 3.00. The molecule has 0 unspecified atom stereocenters. The zero-order valence-electron chi connectivity index (χ0n) is 14.7. The molecule has 0 aliphatic heterocycles. The number of aromatic amines is 1. The van der Waals surface area contributed by atoms with Crippen LogP contribution in [0, 0.1) is 0 Å². The monoisotopic (exact) mass is 412 g/mol. The normalized spacial score (nSPS) is 12.8. The van der Waals surface area contributed by atoms with Crippen LogP contribution in [-0.2, 0) is 11.2 Å². The summed E-state index contributed by atoms with van der Waals surface area (Å²) >= 11 is 5.92. The lowest BCUT2D eigenvalue weighted by Crippen LogP contribution is -2.29. The Hall–Kier alpha value is -2.81. The van der Waals surface area contributed by atoms with Crippen LogP contribution >= 0.6 is 11.6 Å². The van der Waals surface area contributed by atoms with E-state index in [4.69, 9.17) is 11.6 Å². The fraction of sp³-hybridized carbons (Fsp3) is 0.278. The second kappa shape index (κ2) is 8.05. The van der Waals surface area contributed by atoms with Gasteiger partial charge < -0.3 is 15.0 Å². The van der Waals surface area contributed by atoms with E-state index in [0.29, 0.717) is 22.1 Å². The Kier molecular flexibility index (Phi) is 5.73. The fourth-order valence-corrected chi connectivity index (χ4v) is 2.71. The van der Waals surface area contributed by atoms with E-state index in [-0.39, 0.29) is 18.1 Å². The summed E-state index contributed by atoms with van der Waals surface area (Å²) < 4.78 is 41.1. The Morgan fingerprint density at radius 1 is 1.32 bits per heavy atom. The van der Waals surface area contributed by atoms with Crippen LogP contribution in [0.25, 0.3) is 11.0 Å². The molecule has 0 spiro atoms. The number of hydrogen-bond acceptors (Lipinski definition) is 4. The lowest BCUT2D eigenvalue weighted by molar-refractivity contribution is -0.153. The molecule has 2 heterocycles. The van der Waals surface area contributed by atoms with Crippen molar-refractivity contribution < 1.29 is 22.7 Å². The van der Waals surface area contributed by atoms with Crippen molar-refractivity contribution in [1.82, 2.24) is 20.3 Å². The molecule has 0 aliphatic carbocycles. The molecule has 1 aromatic carbocycles. The number of amides is 1. The Morgan fingerprint density at radius 2 is 2.11 bits per heavy atom. The van der Waals surface area contributed by atoms with Crippen molar-refractivity contribution in [3.8, 4) is 5.75 Å². The number of fused-ring (bicyclic) bond motifs is 1. The zero-order valence-corrected chi connectivity index (χ0v) is 15.4. The van der Waals surface area contributed by atoms with E-state index < -0.39 is 18.8 Å². The van der Waals surface area contributed by atoms with Gasteiger partial charge in [0.15, 0.2) is 6.61 Å². The van der Waals surface area contributed by atoms with Crippen molar-refractivity contribution in [1.29, 1.82) is 0 Å². The highest BCUT2D eigenvalue weighted by atomic mass is 35.5. The first-order valence-corrected chi connectivity index (χ1v) is 8.66. The Bertz CT molecular complexity index is 973. The largest absolute Gasteiger partial charge is 0.483 e. The number of ether oxygens (including phenoxy) is 1. The van der Waals surface area contributed by atoms with Crippen LogP contribution in [0.3, 0.4) is 0 Å². The molecule has 0 bridgehead atoms. The summed E-state index contributed by atoms with van der Waals surface area (Å²) in [6.07, 6.45) is -3.20. The van der Waals surface area contributed by atoms with E-state index in [1.165, 1.54) is 18.3 Å². The molecule has 0 saturated heterocycles. The number of imidazole rings is 1. The van der Waals surface area contributed by atoms with Crippen LogP contribution in [0.15, 0.2) is 36.5 Å². The third-order valence-corrected chi connectivity index (χ3v) is 4.04. The fourth-order valence-electron chi connectivity index (χ4n) is 2.54. The van der Waals surface area contributed by atoms with E-state index in [1.54, 1.807) is 25.1 Å². The molecule has 10 heteroatoms. The summed E-state index contributed by atoms with van der Waals surface area (Å²) in [7, 11) is 0. The van der Waals surface area contributed by atoms with Gasteiger partial charge in [0, 0.05) is 5.02 Å². The molecular formula is C18H16ClF3N4O2. The lowest BCUT2D eigenvalue weighted by atomic mass is 10.2. The molecule has 1 amide bonds. The van der Waals surface area contributed by atoms with Crippen LogP contribution in [0.2, 0.25) is 5.02 Å². The highest BCUT2D eigenvalue weighted by Gasteiger charge is 2.28. The van der Waals surface area contributed by atoms with E-state index in [2.05, 4.69) is 25.0 Å². The maximum absolute atomic E-state index is 12.2. The number of aromatic nitrogens is 3. The van der Waals surface area contributed by atoms with Crippen molar-refractivity contribution in [2.45, 2.75) is 25.6 Å². The van der Waals surface area contributed by atoms with Gasteiger partial charge in [0.1, 0.15) is 11.6 Å². The van der Waals surface area contributed by atoms with E-state index in [9.17, 15) is 18.0 Å². The number of H-pyrrole nitrogens is 1. The molecule has 0 saturated carbocycles. The first-order chi connectivity index (χ1) is 13.2. The number of hydrogen-bond donors (Lipinski definition) is 2. The topological polar surface area (TPSA) is 79.9 Å². The molecule has 28 heavy (non-hydrogen) atoms. The van der Waals surface area contributed by atoms with E-state index in [1.807, 2.05) is 0 Å². The number of benzene rings is 1. The van der Waals surface area contributed by atoms with Gasteiger partial charge >= 0.3 is 6.18 Å². The number of nitrogens with one attached hydrogen (secondary N) is 2. The van der Waals surface area contributed by atoms with E-state index >= 15 is 0 Å². The molecule has 0 aliphatic rings. The second-order valence-corrected chi connectivity index (χ2v) is 6.57. The average molecular weight is 413 g/mol. The Labute approximate surface area is 163 Å². The quantitative estimate of drug-likeness (QED) is 0.642. The summed E-state index contributed by atoms with van der Waals surface area (Å²) in [5.41, 5.74) is 1.93. The van der Waals surface area contributed by atoms with Gasteiger partial charge in [0.2, 0.25) is 5.91 Å². The van der Waals surface area contributed by atoms with Gasteiger partial charge in [-0.25, -0.2) is 4.98 Å².